The predicted octanol–water partition coefficient (Wildman–Crippen LogP) is 2.35. The van der Waals surface area contributed by atoms with E-state index < -0.39 is 11.5 Å². The minimum absolute atomic E-state index is 0.0288. The fourth-order valence-corrected chi connectivity index (χ4v) is 2.56. The quantitative estimate of drug-likeness (QED) is 0.805. The minimum Gasteiger partial charge on any atom is -0.335 e. The van der Waals surface area contributed by atoms with E-state index in [-0.39, 0.29) is 5.56 Å². The number of anilines is 1. The number of aromatic nitrogens is 2. The van der Waals surface area contributed by atoms with Crippen LogP contribution in [0.25, 0.3) is 11.3 Å². The molecule has 0 unspecified atom stereocenters. The summed E-state index contributed by atoms with van der Waals surface area (Å²) in [7, 11) is 1.59. The monoisotopic (exact) mass is 301 g/mol. The highest BCUT2D eigenvalue weighted by molar-refractivity contribution is 7.13. The van der Waals surface area contributed by atoms with Crippen molar-refractivity contribution in [2.75, 3.05) is 5.32 Å². The number of nitrogens with one attached hydrogen (secondary N) is 1. The van der Waals surface area contributed by atoms with E-state index in [1.165, 1.54) is 16.1 Å². The van der Waals surface area contributed by atoms with E-state index in [1.54, 1.807) is 18.6 Å². The van der Waals surface area contributed by atoms with Crippen molar-refractivity contribution < 1.29 is 9.32 Å². The Morgan fingerprint density at radius 2 is 2.10 bits per heavy atom. The van der Waals surface area contributed by atoms with Crippen LogP contribution in [-0.2, 0) is 7.05 Å². The summed E-state index contributed by atoms with van der Waals surface area (Å²) in [6.07, 6.45) is 1.58. The summed E-state index contributed by atoms with van der Waals surface area (Å²) in [5, 5.41) is 4.77. The minimum atomic E-state index is -0.676. The molecule has 2 heterocycles. The molecule has 0 aliphatic rings. The highest BCUT2D eigenvalue weighted by atomic mass is 32.1. The zero-order chi connectivity index (χ0) is 14.8. The summed E-state index contributed by atoms with van der Waals surface area (Å²) < 4.78 is 6.32. The van der Waals surface area contributed by atoms with Crippen molar-refractivity contribution in [3.05, 3.63) is 57.9 Å². The van der Waals surface area contributed by atoms with Gasteiger partial charge in [0.2, 0.25) is 0 Å². The maximum absolute atomic E-state index is 12.3. The van der Waals surface area contributed by atoms with E-state index in [4.69, 9.17) is 4.52 Å². The van der Waals surface area contributed by atoms with Crippen LogP contribution in [0, 0.1) is 0 Å². The zero-order valence-corrected chi connectivity index (χ0v) is 11.9. The molecule has 0 saturated heterocycles. The van der Waals surface area contributed by atoms with Crippen molar-refractivity contribution in [2.45, 2.75) is 0 Å². The Morgan fingerprint density at radius 3 is 2.76 bits per heavy atom. The van der Waals surface area contributed by atoms with Gasteiger partial charge >= 0.3 is 5.63 Å². The highest BCUT2D eigenvalue weighted by Crippen LogP contribution is 2.22. The largest absolute Gasteiger partial charge is 0.370 e. The number of rotatable bonds is 3. The normalized spacial score (nSPS) is 10.5. The molecule has 0 fully saturated rings. The van der Waals surface area contributed by atoms with Crippen LogP contribution in [0.3, 0.4) is 0 Å². The SMILES string of the molecule is Cn1oc(=O)c(C(=O)Nc2nccs2)c1-c1ccccc1. The van der Waals surface area contributed by atoms with Crippen molar-refractivity contribution in [2.24, 2.45) is 7.05 Å². The van der Waals surface area contributed by atoms with Gasteiger partial charge in [-0.3, -0.25) is 10.1 Å². The molecule has 1 N–H and O–H groups in total. The van der Waals surface area contributed by atoms with Gasteiger partial charge in [-0.25, -0.2) is 14.5 Å². The number of aryl methyl sites for hydroxylation is 1. The van der Waals surface area contributed by atoms with Gasteiger partial charge in [-0.15, -0.1) is 11.3 Å². The Bertz CT molecular complexity index is 819. The van der Waals surface area contributed by atoms with Crippen LogP contribution in [0.2, 0.25) is 0 Å². The first-order valence-corrected chi connectivity index (χ1v) is 7.01. The van der Waals surface area contributed by atoms with Gasteiger partial charge in [-0.2, -0.15) is 0 Å². The third-order valence-corrected chi connectivity index (χ3v) is 3.59. The van der Waals surface area contributed by atoms with Gasteiger partial charge in [-0.05, 0) is 0 Å². The smallest absolute Gasteiger partial charge is 0.335 e. The first-order valence-electron chi connectivity index (χ1n) is 6.13. The Hall–Kier alpha value is -2.67. The van der Waals surface area contributed by atoms with Crippen molar-refractivity contribution in [3.8, 4) is 11.3 Å². The van der Waals surface area contributed by atoms with Gasteiger partial charge in [0.25, 0.3) is 5.91 Å². The highest BCUT2D eigenvalue weighted by Gasteiger charge is 2.24. The summed E-state index contributed by atoms with van der Waals surface area (Å²) in [6, 6.07) is 9.14. The second kappa shape index (κ2) is 5.37. The van der Waals surface area contributed by atoms with E-state index in [1.807, 2.05) is 30.3 Å². The van der Waals surface area contributed by atoms with E-state index in [2.05, 4.69) is 10.3 Å². The van der Waals surface area contributed by atoms with Crippen molar-refractivity contribution >= 4 is 22.4 Å². The molecule has 6 nitrogen and oxygen atoms in total. The van der Waals surface area contributed by atoms with E-state index in [9.17, 15) is 9.59 Å². The molecule has 1 aromatic carbocycles. The molecule has 0 atom stereocenters. The average molecular weight is 301 g/mol. The molecule has 3 aromatic rings. The summed E-state index contributed by atoms with van der Waals surface area (Å²) in [4.78, 5) is 28.2. The molecule has 0 radical (unpaired) electrons. The first-order chi connectivity index (χ1) is 10.2. The average Bonchev–Trinajstić information content (AvgIpc) is 3.07. The lowest BCUT2D eigenvalue weighted by atomic mass is 10.1. The molecule has 106 valence electrons. The Balaban J connectivity index is 2.06. The van der Waals surface area contributed by atoms with Crippen LogP contribution in [-0.4, -0.2) is 15.6 Å². The van der Waals surface area contributed by atoms with Gasteiger partial charge in [0.05, 0.1) is 0 Å². The number of amides is 1. The lowest BCUT2D eigenvalue weighted by Crippen LogP contribution is -2.19. The third-order valence-electron chi connectivity index (χ3n) is 2.90. The Labute approximate surface area is 123 Å². The fraction of sp³-hybridized carbons (Fsp3) is 0.0714. The number of hydrogen-bond acceptors (Lipinski definition) is 5. The van der Waals surface area contributed by atoms with Crippen molar-refractivity contribution in [3.63, 3.8) is 0 Å². The summed E-state index contributed by atoms with van der Waals surface area (Å²) in [5.41, 5.74) is 0.467. The van der Waals surface area contributed by atoms with Gasteiger partial charge < -0.3 is 4.52 Å². The topological polar surface area (TPSA) is 77.1 Å². The molecular formula is C14H11N3O3S. The molecule has 2 aromatic heterocycles. The van der Waals surface area contributed by atoms with Crippen LogP contribution in [0.1, 0.15) is 10.4 Å². The lowest BCUT2D eigenvalue weighted by molar-refractivity contribution is 0.102. The molecule has 3 rings (SSSR count). The number of benzene rings is 1. The second-order valence-corrected chi connectivity index (χ2v) is 5.15. The van der Waals surface area contributed by atoms with Crippen LogP contribution in [0.5, 0.6) is 0 Å². The molecule has 0 aliphatic heterocycles. The van der Waals surface area contributed by atoms with Crippen LogP contribution in [0.4, 0.5) is 5.13 Å². The van der Waals surface area contributed by atoms with Crippen molar-refractivity contribution in [1.29, 1.82) is 0 Å². The molecule has 1 amide bonds. The summed E-state index contributed by atoms with van der Waals surface area (Å²) in [6.45, 7) is 0. The first kappa shape index (κ1) is 13.3. The van der Waals surface area contributed by atoms with E-state index in [0.29, 0.717) is 10.8 Å². The van der Waals surface area contributed by atoms with Gasteiger partial charge in [-0.1, -0.05) is 30.3 Å². The molecule has 21 heavy (non-hydrogen) atoms. The molecule has 0 bridgehead atoms. The number of nitrogens with zero attached hydrogens (tertiary/aromatic N) is 2. The van der Waals surface area contributed by atoms with Crippen LogP contribution >= 0.6 is 11.3 Å². The summed E-state index contributed by atoms with van der Waals surface area (Å²) >= 11 is 1.28. The number of carbonyl (C=O) groups excluding carboxylic acids is 1. The standard InChI is InChI=1S/C14H11N3O3S/c1-17-11(9-5-3-2-4-6-9)10(13(19)20-17)12(18)16-14-15-7-8-21-14/h2-8H,1H3,(H,15,16,18). The Morgan fingerprint density at radius 1 is 1.33 bits per heavy atom. The molecule has 0 aliphatic carbocycles. The second-order valence-electron chi connectivity index (χ2n) is 4.26. The maximum atomic E-state index is 12.3. The predicted molar refractivity (Wildman–Crippen MR) is 79.5 cm³/mol. The molecule has 7 heteroatoms. The lowest BCUT2D eigenvalue weighted by Gasteiger charge is -2.04. The van der Waals surface area contributed by atoms with Gasteiger partial charge in [0.1, 0.15) is 5.69 Å². The molecule has 0 spiro atoms. The number of thiazole rings is 1. The van der Waals surface area contributed by atoms with E-state index in [0.717, 1.165) is 5.56 Å². The van der Waals surface area contributed by atoms with Crippen LogP contribution in [0.15, 0.2) is 51.2 Å². The van der Waals surface area contributed by atoms with Crippen molar-refractivity contribution in [1.82, 2.24) is 9.72 Å². The van der Waals surface area contributed by atoms with Crippen LogP contribution < -0.4 is 10.9 Å². The summed E-state index contributed by atoms with van der Waals surface area (Å²) in [5.74, 6) is -0.529. The molecular weight excluding hydrogens is 290 g/mol. The van der Waals surface area contributed by atoms with E-state index >= 15 is 0 Å². The zero-order valence-electron chi connectivity index (χ0n) is 11.1. The fourth-order valence-electron chi connectivity index (χ4n) is 2.04. The van der Waals surface area contributed by atoms with Gasteiger partial charge in [0, 0.05) is 24.2 Å². The maximum Gasteiger partial charge on any atom is 0.370 e. The Kier molecular flexibility index (Phi) is 3.41. The number of hydrogen-bond donors (Lipinski definition) is 1. The number of carbonyl (C=O) groups is 1. The molecule has 0 saturated carbocycles. The van der Waals surface area contributed by atoms with Gasteiger partial charge in [0.15, 0.2) is 10.7 Å². The third kappa shape index (κ3) is 2.50.